The highest BCUT2D eigenvalue weighted by Crippen LogP contribution is 2.09. The Kier molecular flexibility index (Phi) is 10.3. The molecule has 0 spiro atoms. The standard InChI is InChI=1S/C12H26O3/c1-3-5-6-7-8-9-11(13)12(14)10-15-4-2/h11-14H,3-10H2,1-2H3. The van der Waals surface area contributed by atoms with E-state index < -0.39 is 12.2 Å². The van der Waals surface area contributed by atoms with Gasteiger partial charge in [0.05, 0.1) is 12.7 Å². The number of hydrogen-bond acceptors (Lipinski definition) is 3. The molecule has 0 aromatic carbocycles. The van der Waals surface area contributed by atoms with Gasteiger partial charge in [-0.05, 0) is 13.3 Å². The van der Waals surface area contributed by atoms with Gasteiger partial charge in [0.2, 0.25) is 0 Å². The van der Waals surface area contributed by atoms with Crippen LogP contribution in [-0.2, 0) is 4.74 Å². The van der Waals surface area contributed by atoms with Gasteiger partial charge < -0.3 is 14.9 Å². The normalized spacial score (nSPS) is 15.2. The lowest BCUT2D eigenvalue weighted by Crippen LogP contribution is -2.30. The van der Waals surface area contributed by atoms with Gasteiger partial charge in [0, 0.05) is 6.61 Å². The Hall–Kier alpha value is -0.120. The van der Waals surface area contributed by atoms with E-state index in [0.717, 1.165) is 12.8 Å². The molecule has 0 heterocycles. The Morgan fingerprint density at radius 1 is 0.933 bits per heavy atom. The largest absolute Gasteiger partial charge is 0.390 e. The zero-order valence-corrected chi connectivity index (χ0v) is 10.1. The van der Waals surface area contributed by atoms with E-state index in [-0.39, 0.29) is 6.61 Å². The van der Waals surface area contributed by atoms with Gasteiger partial charge in [-0.25, -0.2) is 0 Å². The Morgan fingerprint density at radius 2 is 1.60 bits per heavy atom. The first-order valence-corrected chi connectivity index (χ1v) is 6.16. The number of unbranched alkanes of at least 4 members (excludes halogenated alkanes) is 4. The molecular weight excluding hydrogens is 192 g/mol. The van der Waals surface area contributed by atoms with Crippen LogP contribution in [0.5, 0.6) is 0 Å². The molecule has 0 aromatic heterocycles. The van der Waals surface area contributed by atoms with E-state index >= 15 is 0 Å². The zero-order chi connectivity index (χ0) is 11.5. The van der Waals surface area contributed by atoms with Crippen LogP contribution >= 0.6 is 0 Å². The van der Waals surface area contributed by atoms with Gasteiger partial charge in [0.1, 0.15) is 6.10 Å². The second-order valence-corrected chi connectivity index (χ2v) is 4.00. The van der Waals surface area contributed by atoms with Crippen molar-refractivity contribution in [1.29, 1.82) is 0 Å². The minimum absolute atomic E-state index is 0.243. The van der Waals surface area contributed by atoms with E-state index in [0.29, 0.717) is 13.0 Å². The third-order valence-corrected chi connectivity index (χ3v) is 2.54. The van der Waals surface area contributed by atoms with E-state index in [1.807, 2.05) is 6.92 Å². The average molecular weight is 218 g/mol. The van der Waals surface area contributed by atoms with Crippen molar-refractivity contribution in [2.24, 2.45) is 0 Å². The molecule has 0 aromatic rings. The molecule has 0 aliphatic rings. The number of rotatable bonds is 10. The van der Waals surface area contributed by atoms with E-state index in [4.69, 9.17) is 4.74 Å². The molecule has 0 aliphatic carbocycles. The van der Waals surface area contributed by atoms with Crippen LogP contribution in [0.2, 0.25) is 0 Å². The quantitative estimate of drug-likeness (QED) is 0.552. The van der Waals surface area contributed by atoms with Gasteiger partial charge in [-0.3, -0.25) is 0 Å². The smallest absolute Gasteiger partial charge is 0.103 e. The highest BCUT2D eigenvalue weighted by atomic mass is 16.5. The molecule has 15 heavy (non-hydrogen) atoms. The van der Waals surface area contributed by atoms with Crippen LogP contribution in [-0.4, -0.2) is 35.6 Å². The van der Waals surface area contributed by atoms with Gasteiger partial charge in [0.15, 0.2) is 0 Å². The summed E-state index contributed by atoms with van der Waals surface area (Å²) >= 11 is 0. The molecule has 0 fully saturated rings. The first kappa shape index (κ1) is 14.9. The summed E-state index contributed by atoms with van der Waals surface area (Å²) in [5, 5.41) is 19.0. The molecule has 3 nitrogen and oxygen atoms in total. The summed E-state index contributed by atoms with van der Waals surface area (Å²) in [5.74, 6) is 0. The second-order valence-electron chi connectivity index (χ2n) is 4.00. The minimum atomic E-state index is -0.726. The molecule has 2 N–H and O–H groups in total. The fraction of sp³-hybridized carbons (Fsp3) is 1.00. The second kappa shape index (κ2) is 10.4. The maximum Gasteiger partial charge on any atom is 0.103 e. The molecule has 0 amide bonds. The van der Waals surface area contributed by atoms with Crippen LogP contribution in [0.15, 0.2) is 0 Å². The Bertz CT molecular complexity index is 128. The lowest BCUT2D eigenvalue weighted by molar-refractivity contribution is -0.0389. The zero-order valence-electron chi connectivity index (χ0n) is 10.1. The summed E-state index contributed by atoms with van der Waals surface area (Å²) in [5.41, 5.74) is 0. The van der Waals surface area contributed by atoms with E-state index in [1.165, 1.54) is 19.3 Å². The average Bonchev–Trinajstić information content (AvgIpc) is 2.25. The molecule has 2 atom stereocenters. The first-order valence-electron chi connectivity index (χ1n) is 6.16. The van der Waals surface area contributed by atoms with Crippen molar-refractivity contribution in [1.82, 2.24) is 0 Å². The van der Waals surface area contributed by atoms with E-state index in [2.05, 4.69) is 6.92 Å². The minimum Gasteiger partial charge on any atom is -0.390 e. The summed E-state index contributed by atoms with van der Waals surface area (Å²) in [4.78, 5) is 0. The summed E-state index contributed by atoms with van der Waals surface area (Å²) in [6.45, 7) is 4.89. The maximum atomic E-state index is 9.57. The number of aliphatic hydroxyl groups excluding tert-OH is 2. The molecule has 0 saturated carbocycles. The number of aliphatic hydroxyl groups is 2. The lowest BCUT2D eigenvalue weighted by atomic mass is 10.1. The van der Waals surface area contributed by atoms with Gasteiger partial charge in [-0.2, -0.15) is 0 Å². The monoisotopic (exact) mass is 218 g/mol. The highest BCUT2D eigenvalue weighted by Gasteiger charge is 2.15. The summed E-state index contributed by atoms with van der Waals surface area (Å²) in [6.07, 6.45) is 5.18. The van der Waals surface area contributed by atoms with Gasteiger partial charge in [-0.15, -0.1) is 0 Å². The van der Waals surface area contributed by atoms with Crippen LogP contribution in [0.25, 0.3) is 0 Å². The van der Waals surface area contributed by atoms with Gasteiger partial charge >= 0.3 is 0 Å². The van der Waals surface area contributed by atoms with Crippen LogP contribution in [0, 0.1) is 0 Å². The van der Waals surface area contributed by atoms with Crippen LogP contribution in [0.3, 0.4) is 0 Å². The third-order valence-electron chi connectivity index (χ3n) is 2.54. The molecule has 0 bridgehead atoms. The van der Waals surface area contributed by atoms with Gasteiger partial charge in [-0.1, -0.05) is 39.0 Å². The molecule has 0 rings (SSSR count). The first-order chi connectivity index (χ1) is 7.22. The van der Waals surface area contributed by atoms with Crippen molar-refractivity contribution in [2.75, 3.05) is 13.2 Å². The van der Waals surface area contributed by atoms with Crippen molar-refractivity contribution < 1.29 is 14.9 Å². The number of hydrogen-bond donors (Lipinski definition) is 2. The fourth-order valence-electron chi connectivity index (χ4n) is 1.50. The third kappa shape index (κ3) is 8.85. The maximum absolute atomic E-state index is 9.57. The van der Waals surface area contributed by atoms with Crippen LogP contribution < -0.4 is 0 Å². The summed E-state index contributed by atoms with van der Waals surface area (Å²) in [7, 11) is 0. The van der Waals surface area contributed by atoms with E-state index in [9.17, 15) is 10.2 Å². The van der Waals surface area contributed by atoms with Crippen molar-refractivity contribution >= 4 is 0 Å². The Morgan fingerprint density at radius 3 is 2.20 bits per heavy atom. The lowest BCUT2D eigenvalue weighted by Gasteiger charge is -2.17. The molecule has 0 radical (unpaired) electrons. The van der Waals surface area contributed by atoms with Crippen molar-refractivity contribution in [3.05, 3.63) is 0 Å². The molecule has 3 heteroatoms. The van der Waals surface area contributed by atoms with Crippen LogP contribution in [0.4, 0.5) is 0 Å². The SMILES string of the molecule is CCCCCCCC(O)C(O)COCC. The highest BCUT2D eigenvalue weighted by molar-refractivity contribution is 4.66. The Labute approximate surface area is 93.5 Å². The Balaban J connectivity index is 3.34. The molecule has 0 saturated heterocycles. The summed E-state index contributed by atoms with van der Waals surface area (Å²) < 4.78 is 5.05. The molecule has 0 aliphatic heterocycles. The van der Waals surface area contributed by atoms with Crippen LogP contribution in [0.1, 0.15) is 52.4 Å². The van der Waals surface area contributed by atoms with Crippen molar-refractivity contribution in [3.63, 3.8) is 0 Å². The predicted octanol–water partition coefficient (Wildman–Crippen LogP) is 2.11. The van der Waals surface area contributed by atoms with Gasteiger partial charge in [0.25, 0.3) is 0 Å². The van der Waals surface area contributed by atoms with Crippen molar-refractivity contribution in [3.8, 4) is 0 Å². The van der Waals surface area contributed by atoms with Crippen molar-refractivity contribution in [2.45, 2.75) is 64.6 Å². The van der Waals surface area contributed by atoms with E-state index in [1.54, 1.807) is 0 Å². The topological polar surface area (TPSA) is 49.7 Å². The fourth-order valence-corrected chi connectivity index (χ4v) is 1.50. The molecule has 2 unspecified atom stereocenters. The molecular formula is C12H26O3. The molecule has 92 valence electrons. The predicted molar refractivity (Wildman–Crippen MR) is 61.9 cm³/mol. The number of ether oxygens (including phenoxy) is 1. The summed E-state index contributed by atoms with van der Waals surface area (Å²) in [6, 6.07) is 0.